The third-order valence-electron chi connectivity index (χ3n) is 4.37. The van der Waals surface area contributed by atoms with Crippen molar-refractivity contribution >= 4 is 32.7 Å². The third kappa shape index (κ3) is 4.78. The number of anilines is 1. The van der Waals surface area contributed by atoms with Crippen molar-refractivity contribution in [3.05, 3.63) is 44.9 Å². The largest absolute Gasteiger partial charge is 0.390 e. The van der Waals surface area contributed by atoms with Gasteiger partial charge in [-0.2, -0.15) is 0 Å². The van der Waals surface area contributed by atoms with E-state index >= 15 is 0 Å². The molecular formula is C15H19N5O5S2. The summed E-state index contributed by atoms with van der Waals surface area (Å²) in [5.74, 6) is 0. The van der Waals surface area contributed by atoms with Crippen molar-refractivity contribution in [2.24, 2.45) is 5.14 Å². The van der Waals surface area contributed by atoms with Crippen LogP contribution in [0.3, 0.4) is 0 Å². The predicted molar refractivity (Wildman–Crippen MR) is 99.9 cm³/mol. The number of piperidine rings is 1. The van der Waals surface area contributed by atoms with Crippen molar-refractivity contribution < 1.29 is 18.4 Å². The highest BCUT2D eigenvalue weighted by Gasteiger charge is 2.30. The number of β-amino-alcohol motifs (C(OH)–C–C–N with tert-alkyl or cyclic N) is 1. The van der Waals surface area contributed by atoms with Gasteiger partial charge in [-0.3, -0.25) is 15.0 Å². The van der Waals surface area contributed by atoms with E-state index in [4.69, 9.17) is 5.14 Å². The summed E-state index contributed by atoms with van der Waals surface area (Å²) in [5, 5.41) is 31.7. The molecule has 1 aromatic heterocycles. The highest BCUT2D eigenvalue weighted by molar-refractivity contribution is 7.89. The SMILES string of the molecule is NS(=O)(=O)c1ccc(N[C@H]2CCN(Cc3cscn3)C[C@H]2O)c([N+](=O)[O-])c1. The number of nitrogens with one attached hydrogen (secondary N) is 1. The molecule has 0 spiro atoms. The van der Waals surface area contributed by atoms with Crippen LogP contribution in [-0.4, -0.2) is 53.6 Å². The number of benzene rings is 1. The molecule has 146 valence electrons. The topological polar surface area (TPSA) is 152 Å². The van der Waals surface area contributed by atoms with Gasteiger partial charge in [0.25, 0.3) is 5.69 Å². The fourth-order valence-electron chi connectivity index (χ4n) is 3.02. The van der Waals surface area contributed by atoms with Crippen LogP contribution in [0.25, 0.3) is 0 Å². The number of aliphatic hydroxyl groups excluding tert-OH is 1. The second-order valence-corrected chi connectivity index (χ2v) is 8.58. The molecule has 4 N–H and O–H groups in total. The maximum absolute atomic E-state index is 11.4. The average molecular weight is 413 g/mol. The van der Waals surface area contributed by atoms with E-state index in [1.807, 2.05) is 5.38 Å². The first-order valence-electron chi connectivity index (χ1n) is 8.09. The molecular weight excluding hydrogens is 394 g/mol. The molecule has 1 fully saturated rings. The molecule has 3 rings (SSSR count). The Labute approximate surface area is 159 Å². The van der Waals surface area contributed by atoms with Crippen LogP contribution in [0.5, 0.6) is 0 Å². The van der Waals surface area contributed by atoms with Gasteiger partial charge >= 0.3 is 0 Å². The molecule has 1 aliphatic heterocycles. The zero-order chi connectivity index (χ0) is 19.6. The van der Waals surface area contributed by atoms with E-state index in [-0.39, 0.29) is 10.6 Å². The van der Waals surface area contributed by atoms with Gasteiger partial charge in [-0.25, -0.2) is 18.5 Å². The van der Waals surface area contributed by atoms with Crippen LogP contribution in [0.2, 0.25) is 0 Å². The number of likely N-dealkylation sites (tertiary alicyclic amines) is 1. The maximum atomic E-state index is 11.4. The molecule has 0 aliphatic carbocycles. The summed E-state index contributed by atoms with van der Waals surface area (Å²) in [4.78, 5) is 16.6. The molecule has 10 nitrogen and oxygen atoms in total. The normalized spacial score (nSPS) is 21.1. The highest BCUT2D eigenvalue weighted by atomic mass is 32.2. The smallest absolute Gasteiger partial charge is 0.293 e. The van der Waals surface area contributed by atoms with Crippen molar-refractivity contribution in [2.45, 2.75) is 30.0 Å². The van der Waals surface area contributed by atoms with E-state index in [9.17, 15) is 23.6 Å². The van der Waals surface area contributed by atoms with Gasteiger partial charge < -0.3 is 10.4 Å². The number of hydrogen-bond acceptors (Lipinski definition) is 9. The van der Waals surface area contributed by atoms with Crippen LogP contribution >= 0.6 is 11.3 Å². The lowest BCUT2D eigenvalue weighted by atomic mass is 10.0. The summed E-state index contributed by atoms with van der Waals surface area (Å²) in [5.41, 5.74) is 2.43. The van der Waals surface area contributed by atoms with Gasteiger partial charge in [0.2, 0.25) is 10.0 Å². The zero-order valence-corrected chi connectivity index (χ0v) is 15.8. The van der Waals surface area contributed by atoms with E-state index in [0.29, 0.717) is 26.1 Å². The summed E-state index contributed by atoms with van der Waals surface area (Å²) in [6, 6.07) is 3.03. The van der Waals surface area contributed by atoms with E-state index in [1.165, 1.54) is 23.5 Å². The molecule has 0 unspecified atom stereocenters. The molecule has 0 bridgehead atoms. The number of hydrogen-bond donors (Lipinski definition) is 3. The van der Waals surface area contributed by atoms with Crippen LogP contribution in [-0.2, 0) is 16.6 Å². The first-order valence-corrected chi connectivity index (χ1v) is 10.6. The first-order chi connectivity index (χ1) is 12.7. The molecule has 2 atom stereocenters. The third-order valence-corrected chi connectivity index (χ3v) is 5.92. The highest BCUT2D eigenvalue weighted by Crippen LogP contribution is 2.29. The van der Waals surface area contributed by atoms with Crippen molar-refractivity contribution in [1.82, 2.24) is 9.88 Å². The van der Waals surface area contributed by atoms with Gasteiger partial charge in [0.1, 0.15) is 5.69 Å². The Bertz CT molecular complexity index is 919. The van der Waals surface area contributed by atoms with Gasteiger partial charge in [-0.15, -0.1) is 11.3 Å². The Balaban J connectivity index is 1.71. The number of nitrogens with zero attached hydrogens (tertiary/aromatic N) is 3. The second-order valence-electron chi connectivity index (χ2n) is 6.30. The lowest BCUT2D eigenvalue weighted by Gasteiger charge is -2.36. The summed E-state index contributed by atoms with van der Waals surface area (Å²) >= 11 is 1.51. The molecule has 0 amide bonds. The Morgan fingerprint density at radius 3 is 2.85 bits per heavy atom. The number of nitro benzene ring substituents is 1. The van der Waals surface area contributed by atoms with Crippen molar-refractivity contribution in [1.29, 1.82) is 0 Å². The van der Waals surface area contributed by atoms with Gasteiger partial charge in [0.05, 0.1) is 33.2 Å². The van der Waals surface area contributed by atoms with Gasteiger partial charge in [0.15, 0.2) is 0 Å². The molecule has 1 aliphatic rings. The van der Waals surface area contributed by atoms with E-state index in [0.717, 1.165) is 11.8 Å². The lowest BCUT2D eigenvalue weighted by Crippen LogP contribution is -2.49. The van der Waals surface area contributed by atoms with Gasteiger partial charge in [0, 0.05) is 31.1 Å². The van der Waals surface area contributed by atoms with E-state index in [1.54, 1.807) is 5.51 Å². The minimum Gasteiger partial charge on any atom is -0.390 e. The monoisotopic (exact) mass is 413 g/mol. The Hall–Kier alpha value is -2.12. The van der Waals surface area contributed by atoms with Crippen LogP contribution in [0.4, 0.5) is 11.4 Å². The number of thiazole rings is 1. The van der Waals surface area contributed by atoms with Crippen LogP contribution < -0.4 is 10.5 Å². The molecule has 1 saturated heterocycles. The predicted octanol–water partition coefficient (Wildman–Crippen LogP) is 0.746. The number of aromatic nitrogens is 1. The van der Waals surface area contributed by atoms with Crippen molar-refractivity contribution in [3.8, 4) is 0 Å². The van der Waals surface area contributed by atoms with Crippen LogP contribution in [0, 0.1) is 10.1 Å². The lowest BCUT2D eigenvalue weighted by molar-refractivity contribution is -0.384. The average Bonchev–Trinajstić information content (AvgIpc) is 3.09. The number of nitrogens with two attached hydrogens (primary N) is 1. The number of rotatable bonds is 6. The Morgan fingerprint density at radius 1 is 1.48 bits per heavy atom. The minimum atomic E-state index is -4.05. The Kier molecular flexibility index (Phi) is 5.72. The molecule has 2 aromatic rings. The maximum Gasteiger partial charge on any atom is 0.293 e. The van der Waals surface area contributed by atoms with Crippen LogP contribution in [0.1, 0.15) is 12.1 Å². The van der Waals surface area contributed by atoms with Crippen molar-refractivity contribution in [2.75, 3.05) is 18.4 Å². The van der Waals surface area contributed by atoms with E-state index in [2.05, 4.69) is 15.2 Å². The van der Waals surface area contributed by atoms with E-state index < -0.39 is 32.8 Å². The molecule has 1 aromatic carbocycles. The first kappa shape index (κ1) is 19.6. The quantitative estimate of drug-likeness (QED) is 0.463. The number of aliphatic hydroxyl groups is 1. The summed E-state index contributed by atoms with van der Waals surface area (Å²) in [7, 11) is -4.05. The van der Waals surface area contributed by atoms with Gasteiger partial charge in [-0.05, 0) is 18.6 Å². The summed E-state index contributed by atoms with van der Waals surface area (Å²) in [6.07, 6.45) is -0.172. The second kappa shape index (κ2) is 7.86. The fourth-order valence-corrected chi connectivity index (χ4v) is 4.10. The summed E-state index contributed by atoms with van der Waals surface area (Å²) < 4.78 is 22.8. The standard InChI is InChI=1S/C15H19N5O5S2/c16-27(24,25)11-1-2-12(14(5-11)20(22)23)18-13-3-4-19(7-15(13)21)6-10-8-26-9-17-10/h1-2,5,8-9,13,15,18,21H,3-4,6-7H2,(H2,16,24,25)/t13-,15+/m0/s1. The Morgan fingerprint density at radius 2 is 2.26 bits per heavy atom. The fraction of sp³-hybridized carbons (Fsp3) is 0.400. The zero-order valence-electron chi connectivity index (χ0n) is 14.2. The number of primary sulfonamides is 1. The summed E-state index contributed by atoms with van der Waals surface area (Å²) in [6.45, 7) is 1.73. The minimum absolute atomic E-state index is 0.143. The number of nitro groups is 1. The van der Waals surface area contributed by atoms with Crippen molar-refractivity contribution in [3.63, 3.8) is 0 Å². The molecule has 12 heteroatoms. The molecule has 2 heterocycles. The van der Waals surface area contributed by atoms with Gasteiger partial charge in [-0.1, -0.05) is 0 Å². The molecule has 0 radical (unpaired) electrons. The molecule has 0 saturated carbocycles. The number of sulfonamides is 1. The molecule has 27 heavy (non-hydrogen) atoms. The van der Waals surface area contributed by atoms with Crippen LogP contribution in [0.15, 0.2) is 34.0 Å².